The Hall–Kier alpha value is -1.85. The van der Waals surface area contributed by atoms with Crippen molar-refractivity contribution < 1.29 is 9.31 Å². The minimum atomic E-state index is -0.361. The number of fused-ring (bicyclic) bond motifs is 1. The largest absolute Gasteiger partial charge is 0.496 e. The molecule has 5 heteroatoms. The summed E-state index contributed by atoms with van der Waals surface area (Å²) in [4.78, 5) is 7.01. The third-order valence-corrected chi connectivity index (χ3v) is 5.68. The molecule has 4 nitrogen and oxygen atoms in total. The first-order valence-corrected chi connectivity index (χ1v) is 9.04. The second-order valence-corrected chi connectivity index (χ2v) is 7.92. The number of hydrogen-bond acceptors (Lipinski definition) is 4. The van der Waals surface area contributed by atoms with Gasteiger partial charge < -0.3 is 14.2 Å². The second-order valence-electron chi connectivity index (χ2n) is 7.92. The number of rotatable bonds is 2. The fourth-order valence-corrected chi connectivity index (χ4v) is 3.45. The topological polar surface area (TPSA) is 34.6 Å². The summed E-state index contributed by atoms with van der Waals surface area (Å²) in [6, 6.07) is 12.7. The van der Waals surface area contributed by atoms with Crippen molar-refractivity contribution in [2.75, 3.05) is 11.4 Å². The van der Waals surface area contributed by atoms with Crippen molar-refractivity contribution >= 4 is 24.1 Å². The molecule has 0 atom stereocenters. The van der Waals surface area contributed by atoms with Crippen molar-refractivity contribution in [3.8, 4) is 0 Å². The van der Waals surface area contributed by atoms with Gasteiger partial charge in [-0.2, -0.15) is 0 Å². The Morgan fingerprint density at radius 1 is 1.00 bits per heavy atom. The van der Waals surface area contributed by atoms with Crippen LogP contribution in [0.2, 0.25) is 0 Å². The van der Waals surface area contributed by atoms with Crippen molar-refractivity contribution in [3.63, 3.8) is 0 Å². The maximum Gasteiger partial charge on any atom is 0.496 e. The van der Waals surface area contributed by atoms with E-state index in [0.717, 1.165) is 30.7 Å². The Balaban J connectivity index is 1.58. The first-order chi connectivity index (χ1) is 11.9. The van der Waals surface area contributed by atoms with Crippen molar-refractivity contribution in [1.82, 2.24) is 4.98 Å². The first kappa shape index (κ1) is 16.6. The molecule has 0 amide bonds. The van der Waals surface area contributed by atoms with Crippen LogP contribution in [-0.2, 0) is 15.7 Å². The first-order valence-electron chi connectivity index (χ1n) is 9.04. The molecule has 0 aliphatic carbocycles. The molecule has 130 valence electrons. The summed E-state index contributed by atoms with van der Waals surface area (Å²) < 4.78 is 12.2. The van der Waals surface area contributed by atoms with Crippen LogP contribution in [-0.4, -0.2) is 29.8 Å². The Labute approximate surface area is 150 Å². The maximum atomic E-state index is 6.12. The van der Waals surface area contributed by atoms with Gasteiger partial charge >= 0.3 is 7.12 Å². The van der Waals surface area contributed by atoms with E-state index in [0.29, 0.717) is 0 Å². The summed E-state index contributed by atoms with van der Waals surface area (Å²) in [6.07, 6.45) is 4.17. The lowest BCUT2D eigenvalue weighted by molar-refractivity contribution is 0.00578. The number of pyridine rings is 1. The van der Waals surface area contributed by atoms with Crippen LogP contribution in [0.1, 0.15) is 39.7 Å². The number of nitrogens with zero attached hydrogens (tertiary/aromatic N) is 2. The molecule has 0 saturated carbocycles. The highest BCUT2D eigenvalue weighted by atomic mass is 16.7. The van der Waals surface area contributed by atoms with Crippen LogP contribution in [0.15, 0.2) is 42.6 Å². The van der Waals surface area contributed by atoms with Gasteiger partial charge in [-0.25, -0.2) is 4.98 Å². The van der Waals surface area contributed by atoms with Gasteiger partial charge in [0.15, 0.2) is 0 Å². The average molecular weight is 336 g/mol. The van der Waals surface area contributed by atoms with E-state index < -0.39 is 0 Å². The Kier molecular flexibility index (Phi) is 3.89. The summed E-state index contributed by atoms with van der Waals surface area (Å²) in [5, 5.41) is 0. The van der Waals surface area contributed by atoms with Gasteiger partial charge in [0.25, 0.3) is 0 Å². The summed E-state index contributed by atoms with van der Waals surface area (Å²) >= 11 is 0. The molecule has 0 unspecified atom stereocenters. The molecular weight excluding hydrogens is 311 g/mol. The highest BCUT2D eigenvalue weighted by molar-refractivity contribution is 6.62. The Morgan fingerprint density at radius 2 is 1.72 bits per heavy atom. The smallest absolute Gasteiger partial charge is 0.399 e. The van der Waals surface area contributed by atoms with Crippen LogP contribution in [0.25, 0.3) is 0 Å². The van der Waals surface area contributed by atoms with E-state index in [1.54, 1.807) is 0 Å². The van der Waals surface area contributed by atoms with Gasteiger partial charge in [0, 0.05) is 23.9 Å². The zero-order valence-corrected chi connectivity index (χ0v) is 15.5. The molecule has 2 aliphatic rings. The van der Waals surface area contributed by atoms with E-state index in [9.17, 15) is 0 Å². The number of hydrogen-bond donors (Lipinski definition) is 0. The van der Waals surface area contributed by atoms with E-state index >= 15 is 0 Å². The summed E-state index contributed by atoms with van der Waals surface area (Å²) in [5.41, 5.74) is 2.97. The number of anilines is 2. The lowest BCUT2D eigenvalue weighted by atomic mass is 9.80. The molecule has 1 saturated heterocycles. The SMILES string of the molecule is CC1(C)OB(c2ccc(N3CCCc4ccccc43)nc2)OC1(C)C. The van der Waals surface area contributed by atoms with Crippen LogP contribution >= 0.6 is 0 Å². The average Bonchev–Trinajstić information content (AvgIpc) is 2.82. The highest BCUT2D eigenvalue weighted by Gasteiger charge is 2.51. The number of aromatic nitrogens is 1. The monoisotopic (exact) mass is 336 g/mol. The summed E-state index contributed by atoms with van der Waals surface area (Å²) in [5.74, 6) is 0.979. The summed E-state index contributed by atoms with van der Waals surface area (Å²) in [7, 11) is -0.361. The molecule has 1 fully saturated rings. The molecule has 3 heterocycles. The molecule has 0 N–H and O–H groups in total. The van der Waals surface area contributed by atoms with E-state index in [2.05, 4.69) is 69.0 Å². The molecule has 0 radical (unpaired) electrons. The quantitative estimate of drug-likeness (QED) is 0.787. The van der Waals surface area contributed by atoms with Crippen LogP contribution in [0.5, 0.6) is 0 Å². The molecule has 4 rings (SSSR count). The predicted octanol–water partition coefficient (Wildman–Crippen LogP) is 3.47. The van der Waals surface area contributed by atoms with E-state index in [1.807, 2.05) is 6.20 Å². The maximum absolute atomic E-state index is 6.12. The van der Waals surface area contributed by atoms with Crippen molar-refractivity contribution in [3.05, 3.63) is 48.2 Å². The van der Waals surface area contributed by atoms with E-state index in [-0.39, 0.29) is 18.3 Å². The normalized spacial score (nSPS) is 21.3. The van der Waals surface area contributed by atoms with E-state index in [4.69, 9.17) is 14.3 Å². The summed E-state index contributed by atoms with van der Waals surface area (Å²) in [6.45, 7) is 9.28. The zero-order chi connectivity index (χ0) is 17.7. The third kappa shape index (κ3) is 2.85. The fourth-order valence-electron chi connectivity index (χ4n) is 3.45. The second kappa shape index (κ2) is 5.85. The van der Waals surface area contributed by atoms with Gasteiger partial charge in [0.05, 0.1) is 11.2 Å². The standard InChI is InChI=1S/C20H25BN2O2/c1-19(2)20(3,4)25-21(24-19)16-11-12-18(22-14-16)23-13-7-9-15-8-5-6-10-17(15)23/h5-6,8,10-12,14H,7,9,13H2,1-4H3. The van der Waals surface area contributed by atoms with Gasteiger partial charge in [0.1, 0.15) is 5.82 Å². The van der Waals surface area contributed by atoms with Crippen molar-refractivity contribution in [2.45, 2.75) is 51.7 Å². The third-order valence-electron chi connectivity index (χ3n) is 5.68. The molecule has 2 aliphatic heterocycles. The van der Waals surface area contributed by atoms with Gasteiger partial charge in [-0.05, 0) is 58.2 Å². The predicted molar refractivity (Wildman–Crippen MR) is 102 cm³/mol. The fraction of sp³-hybridized carbons (Fsp3) is 0.450. The molecule has 1 aromatic carbocycles. The minimum Gasteiger partial charge on any atom is -0.399 e. The number of aryl methyl sites for hydroxylation is 1. The van der Waals surface area contributed by atoms with Gasteiger partial charge in [-0.15, -0.1) is 0 Å². The molecule has 0 bridgehead atoms. The zero-order valence-electron chi connectivity index (χ0n) is 15.5. The van der Waals surface area contributed by atoms with E-state index in [1.165, 1.54) is 11.3 Å². The van der Waals surface area contributed by atoms with Crippen molar-refractivity contribution in [2.24, 2.45) is 0 Å². The molecule has 25 heavy (non-hydrogen) atoms. The van der Waals surface area contributed by atoms with Gasteiger partial charge in [0.2, 0.25) is 0 Å². The van der Waals surface area contributed by atoms with Crippen LogP contribution in [0.4, 0.5) is 11.5 Å². The van der Waals surface area contributed by atoms with Crippen LogP contribution in [0.3, 0.4) is 0 Å². The van der Waals surface area contributed by atoms with Crippen molar-refractivity contribution in [1.29, 1.82) is 0 Å². The molecular formula is C20H25BN2O2. The van der Waals surface area contributed by atoms with Crippen LogP contribution < -0.4 is 10.4 Å². The number of benzene rings is 1. The van der Waals surface area contributed by atoms with Crippen LogP contribution in [0, 0.1) is 0 Å². The van der Waals surface area contributed by atoms with Gasteiger partial charge in [-0.3, -0.25) is 0 Å². The van der Waals surface area contributed by atoms with Gasteiger partial charge in [-0.1, -0.05) is 24.3 Å². The lowest BCUT2D eigenvalue weighted by Gasteiger charge is -2.32. The molecule has 1 aromatic heterocycles. The minimum absolute atomic E-state index is 0.331. The number of para-hydroxylation sites is 1. The Bertz CT molecular complexity index is 758. The lowest BCUT2D eigenvalue weighted by Crippen LogP contribution is -2.41. The molecule has 0 spiro atoms. The highest BCUT2D eigenvalue weighted by Crippen LogP contribution is 2.37. The Morgan fingerprint density at radius 3 is 2.40 bits per heavy atom. The molecule has 2 aromatic rings.